The molecule has 1 N–H and O–H groups in total. The Kier molecular flexibility index (Phi) is 7.66. The molecule has 6 heteroatoms. The molecule has 0 saturated carbocycles. The molecule has 0 fully saturated rings. The van der Waals surface area contributed by atoms with Crippen LogP contribution in [0.2, 0.25) is 0 Å². The van der Waals surface area contributed by atoms with Crippen molar-refractivity contribution in [1.29, 1.82) is 0 Å². The highest BCUT2D eigenvalue weighted by Crippen LogP contribution is 2.21. The van der Waals surface area contributed by atoms with E-state index in [4.69, 9.17) is 4.74 Å². The van der Waals surface area contributed by atoms with Crippen LogP contribution >= 0.6 is 11.8 Å². The average Bonchev–Trinajstić information content (AvgIpc) is 2.65. The Morgan fingerprint density at radius 3 is 2.50 bits per heavy atom. The van der Waals surface area contributed by atoms with E-state index < -0.39 is 5.97 Å². The monoisotopic (exact) mass is 375 g/mol. The average molecular weight is 375 g/mol. The summed E-state index contributed by atoms with van der Waals surface area (Å²) in [5.74, 6) is -1.37. The van der Waals surface area contributed by atoms with Gasteiger partial charge >= 0.3 is 5.97 Å². The predicted molar refractivity (Wildman–Crippen MR) is 100 cm³/mol. The van der Waals surface area contributed by atoms with Crippen molar-refractivity contribution in [3.8, 4) is 0 Å². The number of halogens is 1. The van der Waals surface area contributed by atoms with Crippen molar-refractivity contribution in [3.05, 3.63) is 65.5 Å². The fraction of sp³-hybridized carbons (Fsp3) is 0.300. The Labute approximate surface area is 157 Å². The van der Waals surface area contributed by atoms with Gasteiger partial charge < -0.3 is 10.1 Å². The van der Waals surface area contributed by atoms with Gasteiger partial charge in [0.15, 0.2) is 6.61 Å². The standard InChI is InChI=1S/C20H22FNO3S/c1-3-15-8-10-16(11-9-15)14(2)22-19(23)12-25-20(24)13-26-18-7-5-4-6-17(18)21/h4-11,14H,3,12-13H2,1-2H3,(H,22,23)/t14-/m1/s1. The van der Waals surface area contributed by atoms with Crippen molar-refractivity contribution in [3.63, 3.8) is 0 Å². The summed E-state index contributed by atoms with van der Waals surface area (Å²) in [6.07, 6.45) is 0.960. The lowest BCUT2D eigenvalue weighted by molar-refractivity contribution is -0.146. The first-order valence-electron chi connectivity index (χ1n) is 8.40. The Balaban J connectivity index is 1.73. The predicted octanol–water partition coefficient (Wildman–Crippen LogP) is 3.90. The van der Waals surface area contributed by atoms with E-state index in [1.807, 2.05) is 31.2 Å². The normalized spacial score (nSPS) is 11.7. The molecule has 2 rings (SSSR count). The minimum atomic E-state index is -0.562. The van der Waals surface area contributed by atoms with Gasteiger partial charge in [0.05, 0.1) is 11.8 Å². The van der Waals surface area contributed by atoms with E-state index >= 15 is 0 Å². The van der Waals surface area contributed by atoms with Crippen LogP contribution in [-0.2, 0) is 20.7 Å². The van der Waals surface area contributed by atoms with Crippen molar-refractivity contribution in [2.24, 2.45) is 0 Å². The topological polar surface area (TPSA) is 55.4 Å². The second-order valence-corrected chi connectivity index (χ2v) is 6.78. The quantitative estimate of drug-likeness (QED) is 0.562. The van der Waals surface area contributed by atoms with Crippen LogP contribution < -0.4 is 5.32 Å². The van der Waals surface area contributed by atoms with E-state index in [1.165, 1.54) is 11.6 Å². The van der Waals surface area contributed by atoms with Gasteiger partial charge in [-0.1, -0.05) is 43.3 Å². The van der Waals surface area contributed by atoms with Gasteiger partial charge in [-0.15, -0.1) is 11.8 Å². The minimum Gasteiger partial charge on any atom is -0.455 e. The molecule has 0 radical (unpaired) electrons. The largest absolute Gasteiger partial charge is 0.455 e. The van der Waals surface area contributed by atoms with Gasteiger partial charge in [-0.25, -0.2) is 4.39 Å². The molecule has 1 atom stereocenters. The third-order valence-electron chi connectivity index (χ3n) is 3.81. The minimum absolute atomic E-state index is 0.0533. The lowest BCUT2D eigenvalue weighted by atomic mass is 10.1. The third kappa shape index (κ3) is 6.19. The van der Waals surface area contributed by atoms with Gasteiger partial charge in [-0.2, -0.15) is 0 Å². The number of nitrogens with one attached hydrogen (secondary N) is 1. The molecule has 0 heterocycles. The van der Waals surface area contributed by atoms with Crippen molar-refractivity contribution in [2.75, 3.05) is 12.4 Å². The summed E-state index contributed by atoms with van der Waals surface area (Å²) in [5, 5.41) is 2.79. The Bertz CT molecular complexity index is 749. The zero-order chi connectivity index (χ0) is 18.9. The molecular weight excluding hydrogens is 353 g/mol. The lowest BCUT2D eigenvalue weighted by Gasteiger charge is -2.15. The molecule has 0 aromatic heterocycles. The highest BCUT2D eigenvalue weighted by atomic mass is 32.2. The van der Waals surface area contributed by atoms with Crippen LogP contribution in [-0.4, -0.2) is 24.2 Å². The molecule has 26 heavy (non-hydrogen) atoms. The number of hydrogen-bond donors (Lipinski definition) is 1. The summed E-state index contributed by atoms with van der Waals surface area (Å²) in [6.45, 7) is 3.60. The smallest absolute Gasteiger partial charge is 0.316 e. The zero-order valence-corrected chi connectivity index (χ0v) is 15.6. The summed E-state index contributed by atoms with van der Waals surface area (Å²) in [7, 11) is 0. The number of carbonyl (C=O) groups is 2. The third-order valence-corrected chi connectivity index (χ3v) is 4.83. The van der Waals surface area contributed by atoms with Crippen LogP contribution in [0.15, 0.2) is 53.4 Å². The number of hydrogen-bond acceptors (Lipinski definition) is 4. The summed E-state index contributed by atoms with van der Waals surface area (Å²) in [6, 6.07) is 14.0. The van der Waals surface area contributed by atoms with Crippen LogP contribution in [0.4, 0.5) is 4.39 Å². The second kappa shape index (κ2) is 9.97. The SMILES string of the molecule is CCc1ccc([C@@H](C)NC(=O)COC(=O)CSc2ccccc2F)cc1. The number of thioether (sulfide) groups is 1. The van der Waals surface area contributed by atoms with Gasteiger partial charge in [0, 0.05) is 4.90 Å². The molecule has 138 valence electrons. The number of amides is 1. The van der Waals surface area contributed by atoms with Crippen LogP contribution in [0.3, 0.4) is 0 Å². The first-order chi connectivity index (χ1) is 12.5. The Morgan fingerprint density at radius 1 is 1.15 bits per heavy atom. The van der Waals surface area contributed by atoms with Crippen molar-refractivity contribution in [2.45, 2.75) is 31.2 Å². The maximum Gasteiger partial charge on any atom is 0.316 e. The Morgan fingerprint density at radius 2 is 1.85 bits per heavy atom. The molecule has 4 nitrogen and oxygen atoms in total. The van der Waals surface area contributed by atoms with Crippen LogP contribution in [0.1, 0.15) is 31.0 Å². The first kappa shape index (κ1) is 20.0. The number of rotatable bonds is 8. The highest BCUT2D eigenvalue weighted by Gasteiger charge is 2.13. The van der Waals surface area contributed by atoms with Gasteiger partial charge in [0.1, 0.15) is 5.82 Å². The van der Waals surface area contributed by atoms with Gasteiger partial charge in [-0.05, 0) is 36.6 Å². The first-order valence-corrected chi connectivity index (χ1v) is 9.39. The van der Waals surface area contributed by atoms with E-state index in [0.29, 0.717) is 4.90 Å². The zero-order valence-electron chi connectivity index (χ0n) is 14.8. The molecular formula is C20H22FNO3S. The summed E-state index contributed by atoms with van der Waals surface area (Å²) >= 11 is 1.04. The van der Waals surface area contributed by atoms with Crippen molar-refractivity contribution >= 4 is 23.6 Å². The summed E-state index contributed by atoms with van der Waals surface area (Å²) < 4.78 is 18.4. The molecule has 0 unspecified atom stereocenters. The van der Waals surface area contributed by atoms with Crippen LogP contribution in [0.25, 0.3) is 0 Å². The maximum absolute atomic E-state index is 13.5. The highest BCUT2D eigenvalue weighted by molar-refractivity contribution is 8.00. The van der Waals surface area contributed by atoms with E-state index in [2.05, 4.69) is 12.2 Å². The van der Waals surface area contributed by atoms with Gasteiger partial charge in [-0.3, -0.25) is 9.59 Å². The molecule has 2 aromatic rings. The van der Waals surface area contributed by atoms with E-state index in [-0.39, 0.29) is 30.1 Å². The summed E-state index contributed by atoms with van der Waals surface area (Å²) in [5.41, 5.74) is 2.21. The molecule has 1 amide bonds. The van der Waals surface area contributed by atoms with Crippen LogP contribution in [0, 0.1) is 5.82 Å². The van der Waals surface area contributed by atoms with Gasteiger partial charge in [0.2, 0.25) is 0 Å². The lowest BCUT2D eigenvalue weighted by Crippen LogP contribution is -2.31. The number of aryl methyl sites for hydroxylation is 1. The molecule has 0 bridgehead atoms. The Hall–Kier alpha value is -2.34. The van der Waals surface area contributed by atoms with E-state index in [1.54, 1.807) is 18.2 Å². The van der Waals surface area contributed by atoms with Gasteiger partial charge in [0.25, 0.3) is 5.91 Å². The number of esters is 1. The number of benzene rings is 2. The second-order valence-electron chi connectivity index (χ2n) is 5.76. The fourth-order valence-corrected chi connectivity index (χ4v) is 3.03. The molecule has 0 aliphatic carbocycles. The number of carbonyl (C=O) groups excluding carboxylic acids is 2. The maximum atomic E-state index is 13.5. The van der Waals surface area contributed by atoms with E-state index in [0.717, 1.165) is 23.7 Å². The molecule has 0 saturated heterocycles. The molecule has 0 aliphatic heterocycles. The molecule has 0 aliphatic rings. The number of ether oxygens (including phenoxy) is 1. The fourth-order valence-electron chi connectivity index (χ4n) is 2.29. The van der Waals surface area contributed by atoms with Crippen LogP contribution in [0.5, 0.6) is 0 Å². The molecule has 2 aromatic carbocycles. The summed E-state index contributed by atoms with van der Waals surface area (Å²) in [4.78, 5) is 24.0. The van der Waals surface area contributed by atoms with Crippen molar-refractivity contribution in [1.82, 2.24) is 5.32 Å². The molecule has 0 spiro atoms. The van der Waals surface area contributed by atoms with Crippen molar-refractivity contribution < 1.29 is 18.7 Å². The van der Waals surface area contributed by atoms with E-state index in [9.17, 15) is 14.0 Å².